The van der Waals surface area contributed by atoms with Crippen LogP contribution in [0.4, 0.5) is 5.69 Å². The predicted octanol–water partition coefficient (Wildman–Crippen LogP) is 5.16. The van der Waals surface area contributed by atoms with Crippen molar-refractivity contribution in [2.24, 2.45) is 0 Å². The maximum atomic E-state index is 12.9. The fourth-order valence-corrected chi connectivity index (χ4v) is 4.92. The molecule has 34 heavy (non-hydrogen) atoms. The van der Waals surface area contributed by atoms with Gasteiger partial charge in [0.15, 0.2) is 0 Å². The zero-order valence-electron chi connectivity index (χ0n) is 19.7. The Bertz CT molecular complexity index is 1290. The van der Waals surface area contributed by atoms with E-state index in [1.807, 2.05) is 48.2 Å². The SMILES string of the molecule is CC(=N)c1ccc2ccc(CN3C(=O)Cc4cc(OC5CCN(C(C)=N)CC5)ccc43)cc2c1. The van der Waals surface area contributed by atoms with E-state index in [0.29, 0.717) is 24.5 Å². The van der Waals surface area contributed by atoms with Crippen LogP contribution >= 0.6 is 0 Å². The van der Waals surface area contributed by atoms with Crippen LogP contribution in [0.1, 0.15) is 43.4 Å². The summed E-state index contributed by atoms with van der Waals surface area (Å²) in [6.45, 7) is 5.85. The van der Waals surface area contributed by atoms with E-state index >= 15 is 0 Å². The van der Waals surface area contributed by atoms with Crippen LogP contribution in [0.2, 0.25) is 0 Å². The number of likely N-dealkylation sites (tertiary alicyclic amines) is 1. The van der Waals surface area contributed by atoms with Crippen LogP contribution in [0.5, 0.6) is 5.75 Å². The van der Waals surface area contributed by atoms with Crippen LogP contribution in [-0.2, 0) is 17.8 Å². The van der Waals surface area contributed by atoms with Gasteiger partial charge in [0, 0.05) is 37.3 Å². The number of hydrogen-bond acceptors (Lipinski definition) is 4. The van der Waals surface area contributed by atoms with Crippen molar-refractivity contribution < 1.29 is 9.53 Å². The number of hydrogen-bond donors (Lipinski definition) is 2. The van der Waals surface area contributed by atoms with Crippen LogP contribution in [0.25, 0.3) is 10.8 Å². The number of fused-ring (bicyclic) bond motifs is 2. The molecule has 0 unspecified atom stereocenters. The van der Waals surface area contributed by atoms with Crippen LogP contribution < -0.4 is 9.64 Å². The van der Waals surface area contributed by atoms with Gasteiger partial charge in [0.25, 0.3) is 0 Å². The Balaban J connectivity index is 1.30. The first-order valence-electron chi connectivity index (χ1n) is 11.9. The molecule has 1 saturated heterocycles. The van der Waals surface area contributed by atoms with Crippen molar-refractivity contribution >= 4 is 33.9 Å². The number of amides is 1. The molecule has 1 amide bonds. The van der Waals surface area contributed by atoms with E-state index in [2.05, 4.69) is 23.1 Å². The van der Waals surface area contributed by atoms with Crippen LogP contribution in [-0.4, -0.2) is 41.5 Å². The highest BCUT2D eigenvalue weighted by atomic mass is 16.5. The van der Waals surface area contributed by atoms with Gasteiger partial charge >= 0.3 is 0 Å². The van der Waals surface area contributed by atoms with Gasteiger partial charge in [-0.25, -0.2) is 0 Å². The summed E-state index contributed by atoms with van der Waals surface area (Å²) in [6.07, 6.45) is 2.34. The molecular weight excluding hydrogens is 424 g/mol. The summed E-state index contributed by atoms with van der Waals surface area (Å²) < 4.78 is 6.23. The highest BCUT2D eigenvalue weighted by Gasteiger charge is 2.28. The lowest BCUT2D eigenvalue weighted by molar-refractivity contribution is -0.117. The third-order valence-electron chi connectivity index (χ3n) is 6.88. The number of ether oxygens (including phenoxy) is 1. The van der Waals surface area contributed by atoms with Gasteiger partial charge in [-0.3, -0.25) is 10.2 Å². The summed E-state index contributed by atoms with van der Waals surface area (Å²) >= 11 is 0. The highest BCUT2D eigenvalue weighted by Crippen LogP contribution is 2.34. The molecule has 0 aromatic heterocycles. The standard InChI is InChI=1S/C28H30N4O2/c1-18(29)22-6-5-21-4-3-20(13-23(21)14-22)17-32-27-8-7-26(15-24(27)16-28(32)33)34-25-9-11-31(12-10-25)19(2)30/h3-8,13-15,25,29-30H,9-12,16-17H2,1-2H3. The first-order valence-corrected chi connectivity index (χ1v) is 11.9. The fraction of sp³-hybridized carbons (Fsp3) is 0.321. The first kappa shape index (κ1) is 22.1. The van der Waals surface area contributed by atoms with Crippen molar-refractivity contribution in [3.05, 3.63) is 71.3 Å². The number of carbonyl (C=O) groups is 1. The van der Waals surface area contributed by atoms with Crippen molar-refractivity contribution in [3.63, 3.8) is 0 Å². The van der Waals surface area contributed by atoms with Crippen LogP contribution in [0, 0.1) is 10.8 Å². The molecule has 2 N–H and O–H groups in total. The molecule has 174 valence electrons. The molecular formula is C28H30N4O2. The molecule has 0 bridgehead atoms. The molecule has 0 spiro atoms. The number of nitrogens with zero attached hydrogens (tertiary/aromatic N) is 2. The average Bonchev–Trinajstić information content (AvgIpc) is 3.13. The minimum atomic E-state index is 0.103. The summed E-state index contributed by atoms with van der Waals surface area (Å²) in [4.78, 5) is 16.8. The van der Waals surface area contributed by atoms with E-state index in [1.165, 1.54) is 0 Å². The quantitative estimate of drug-likeness (QED) is 0.413. The van der Waals surface area contributed by atoms with Crippen molar-refractivity contribution in [1.82, 2.24) is 4.90 Å². The highest BCUT2D eigenvalue weighted by molar-refractivity contribution is 6.02. The Morgan fingerprint density at radius 1 is 0.971 bits per heavy atom. The van der Waals surface area contributed by atoms with Gasteiger partial charge in [0.05, 0.1) is 18.8 Å². The van der Waals surface area contributed by atoms with E-state index < -0.39 is 0 Å². The number of carbonyl (C=O) groups excluding carboxylic acids is 1. The Morgan fingerprint density at radius 2 is 1.74 bits per heavy atom. The Hall–Kier alpha value is -3.67. The molecule has 6 nitrogen and oxygen atoms in total. The van der Waals surface area contributed by atoms with Gasteiger partial charge in [-0.1, -0.05) is 24.3 Å². The van der Waals surface area contributed by atoms with Gasteiger partial charge in [0.1, 0.15) is 11.9 Å². The van der Waals surface area contributed by atoms with Crippen LogP contribution in [0.3, 0.4) is 0 Å². The number of nitrogens with one attached hydrogen (secondary N) is 2. The minimum Gasteiger partial charge on any atom is -0.490 e. The van der Waals surface area contributed by atoms with Gasteiger partial charge in [-0.2, -0.15) is 0 Å². The molecule has 0 saturated carbocycles. The zero-order valence-corrected chi connectivity index (χ0v) is 19.7. The van der Waals surface area contributed by atoms with E-state index in [9.17, 15) is 4.79 Å². The molecule has 0 atom stereocenters. The van der Waals surface area contributed by atoms with Crippen molar-refractivity contribution in [3.8, 4) is 5.75 Å². The number of amidine groups is 1. The molecule has 2 heterocycles. The largest absolute Gasteiger partial charge is 0.490 e. The van der Waals surface area contributed by atoms with Crippen molar-refractivity contribution in [2.45, 2.75) is 45.8 Å². The second-order valence-electron chi connectivity index (χ2n) is 9.36. The molecule has 1 fully saturated rings. The second kappa shape index (κ2) is 8.93. The first-order chi connectivity index (χ1) is 16.4. The Kier molecular flexibility index (Phi) is 5.82. The number of benzene rings is 3. The second-order valence-corrected chi connectivity index (χ2v) is 9.36. The summed E-state index contributed by atoms with van der Waals surface area (Å²) in [6, 6.07) is 18.3. The lowest BCUT2D eigenvalue weighted by atomic mass is 10.0. The molecule has 0 aliphatic carbocycles. The monoisotopic (exact) mass is 454 g/mol. The van der Waals surface area contributed by atoms with Gasteiger partial charge in [-0.05, 0) is 71.6 Å². The maximum absolute atomic E-state index is 12.9. The van der Waals surface area contributed by atoms with Crippen molar-refractivity contribution in [1.29, 1.82) is 10.8 Å². The summed E-state index contributed by atoms with van der Waals surface area (Å²) in [5.74, 6) is 1.54. The summed E-state index contributed by atoms with van der Waals surface area (Å²) in [5, 5.41) is 17.9. The molecule has 0 radical (unpaired) electrons. The zero-order chi connectivity index (χ0) is 23.8. The number of anilines is 1. The number of rotatable bonds is 5. The summed E-state index contributed by atoms with van der Waals surface area (Å²) in [5.41, 5.74) is 4.50. The topological polar surface area (TPSA) is 80.5 Å². The lowest BCUT2D eigenvalue weighted by Crippen LogP contribution is -2.40. The molecule has 3 aromatic carbocycles. The summed E-state index contributed by atoms with van der Waals surface area (Å²) in [7, 11) is 0. The minimum absolute atomic E-state index is 0.103. The van der Waals surface area contributed by atoms with E-state index in [4.69, 9.17) is 15.6 Å². The molecule has 6 heteroatoms. The molecule has 5 rings (SSSR count). The van der Waals surface area contributed by atoms with Gasteiger partial charge in [-0.15, -0.1) is 0 Å². The van der Waals surface area contributed by atoms with Gasteiger partial charge < -0.3 is 19.9 Å². The fourth-order valence-electron chi connectivity index (χ4n) is 4.92. The Morgan fingerprint density at radius 3 is 2.47 bits per heavy atom. The smallest absolute Gasteiger partial charge is 0.231 e. The number of piperidine rings is 1. The maximum Gasteiger partial charge on any atom is 0.231 e. The predicted molar refractivity (Wildman–Crippen MR) is 136 cm³/mol. The Labute approximate surface area is 200 Å². The third-order valence-corrected chi connectivity index (χ3v) is 6.88. The van der Waals surface area contributed by atoms with Gasteiger partial charge in [0.2, 0.25) is 5.91 Å². The molecule has 2 aliphatic rings. The normalized spacial score (nSPS) is 16.1. The average molecular weight is 455 g/mol. The molecule has 2 aliphatic heterocycles. The van der Waals surface area contributed by atoms with E-state index in [-0.39, 0.29) is 12.0 Å². The van der Waals surface area contributed by atoms with Crippen molar-refractivity contribution in [2.75, 3.05) is 18.0 Å². The van der Waals surface area contributed by atoms with E-state index in [1.54, 1.807) is 6.92 Å². The third kappa shape index (κ3) is 4.40. The lowest BCUT2D eigenvalue weighted by Gasteiger charge is -2.32. The molecule has 3 aromatic rings. The van der Waals surface area contributed by atoms with E-state index in [0.717, 1.165) is 64.8 Å². The van der Waals surface area contributed by atoms with Crippen LogP contribution in [0.15, 0.2) is 54.6 Å².